The van der Waals surface area contributed by atoms with Gasteiger partial charge in [0.1, 0.15) is 6.04 Å². The number of anilines is 2. The lowest BCUT2D eigenvalue weighted by molar-refractivity contribution is -0.116. The van der Waals surface area contributed by atoms with Crippen LogP contribution in [-0.4, -0.2) is 18.6 Å². The molecule has 0 saturated carbocycles. The Morgan fingerprint density at radius 1 is 1.30 bits per heavy atom. The Labute approximate surface area is 139 Å². The molecule has 0 bridgehead atoms. The van der Waals surface area contributed by atoms with Crippen molar-refractivity contribution < 1.29 is 13.9 Å². The monoisotopic (exact) mass is 336 g/mol. The van der Waals surface area contributed by atoms with E-state index in [0.29, 0.717) is 23.0 Å². The van der Waals surface area contributed by atoms with Gasteiger partial charge in [-0.2, -0.15) is 0 Å². The summed E-state index contributed by atoms with van der Waals surface area (Å²) in [5, 5.41) is 6.12. The van der Waals surface area contributed by atoms with Gasteiger partial charge in [0.25, 0.3) is 0 Å². The highest BCUT2D eigenvalue weighted by molar-refractivity contribution is 6.33. The Hall–Kier alpha value is -2.27. The highest BCUT2D eigenvalue weighted by Gasteiger charge is 2.15. The minimum atomic E-state index is -0.566. The third-order valence-corrected chi connectivity index (χ3v) is 3.47. The van der Waals surface area contributed by atoms with Gasteiger partial charge in [0.15, 0.2) is 11.6 Å². The summed E-state index contributed by atoms with van der Waals surface area (Å²) in [6, 6.07) is 10.9. The van der Waals surface area contributed by atoms with Gasteiger partial charge in [-0.1, -0.05) is 23.7 Å². The van der Waals surface area contributed by atoms with Crippen LogP contribution in [0.2, 0.25) is 5.02 Å². The molecule has 6 heteroatoms. The maximum atomic E-state index is 13.8. The zero-order chi connectivity index (χ0) is 16.8. The number of hydrogen-bond acceptors (Lipinski definition) is 3. The molecule has 2 rings (SSSR count). The molecule has 0 aromatic heterocycles. The normalized spacial score (nSPS) is 11.7. The Kier molecular flexibility index (Phi) is 5.82. The number of benzene rings is 2. The highest BCUT2D eigenvalue weighted by Crippen LogP contribution is 2.23. The molecule has 0 aliphatic rings. The summed E-state index contributed by atoms with van der Waals surface area (Å²) in [5.41, 5.74) is 1.03. The summed E-state index contributed by atoms with van der Waals surface area (Å²) in [7, 11) is 0. The Bertz CT molecular complexity index is 694. The minimum Gasteiger partial charge on any atom is -0.491 e. The molecule has 23 heavy (non-hydrogen) atoms. The average molecular weight is 337 g/mol. The lowest BCUT2D eigenvalue weighted by Gasteiger charge is -2.16. The molecule has 122 valence electrons. The van der Waals surface area contributed by atoms with E-state index in [1.165, 1.54) is 12.1 Å². The van der Waals surface area contributed by atoms with Crippen molar-refractivity contribution in [3.63, 3.8) is 0 Å². The number of para-hydroxylation sites is 1. The molecule has 0 fully saturated rings. The molecule has 4 nitrogen and oxygen atoms in total. The van der Waals surface area contributed by atoms with Crippen molar-refractivity contribution in [3.05, 3.63) is 53.3 Å². The van der Waals surface area contributed by atoms with E-state index in [9.17, 15) is 9.18 Å². The standard InChI is InChI=1S/C17H18ClFN2O2/c1-3-23-16-9-8-12(10-14(16)19)20-11(2)17(22)21-15-7-5-4-6-13(15)18/h4-11,20H,3H2,1-2H3,(H,21,22). The van der Waals surface area contributed by atoms with E-state index in [4.69, 9.17) is 16.3 Å². The summed E-state index contributed by atoms with van der Waals surface area (Å²) in [6.45, 7) is 3.85. The van der Waals surface area contributed by atoms with E-state index < -0.39 is 11.9 Å². The topological polar surface area (TPSA) is 50.4 Å². The lowest BCUT2D eigenvalue weighted by Crippen LogP contribution is -2.32. The van der Waals surface area contributed by atoms with E-state index in [1.54, 1.807) is 44.2 Å². The van der Waals surface area contributed by atoms with Crippen LogP contribution in [0.25, 0.3) is 0 Å². The molecule has 1 atom stereocenters. The first-order valence-electron chi connectivity index (χ1n) is 7.25. The molecule has 2 aromatic carbocycles. The molecule has 1 unspecified atom stereocenters. The number of hydrogen-bond donors (Lipinski definition) is 2. The maximum Gasteiger partial charge on any atom is 0.246 e. The van der Waals surface area contributed by atoms with Crippen molar-refractivity contribution in [3.8, 4) is 5.75 Å². The number of rotatable bonds is 6. The van der Waals surface area contributed by atoms with Crippen LogP contribution in [0.4, 0.5) is 15.8 Å². The van der Waals surface area contributed by atoms with Crippen molar-refractivity contribution in [1.29, 1.82) is 0 Å². The lowest BCUT2D eigenvalue weighted by atomic mass is 10.2. The summed E-state index contributed by atoms with van der Waals surface area (Å²) < 4.78 is 18.9. The van der Waals surface area contributed by atoms with Crippen molar-refractivity contribution >= 4 is 28.9 Å². The summed E-state index contributed by atoms with van der Waals surface area (Å²) in [4.78, 5) is 12.2. The summed E-state index contributed by atoms with van der Waals surface area (Å²) in [5.74, 6) is -0.561. The number of halogens is 2. The van der Waals surface area contributed by atoms with E-state index in [-0.39, 0.29) is 11.7 Å². The van der Waals surface area contributed by atoms with Crippen LogP contribution in [0.3, 0.4) is 0 Å². The Morgan fingerprint density at radius 2 is 2.04 bits per heavy atom. The fourth-order valence-electron chi connectivity index (χ4n) is 1.98. The first kappa shape index (κ1) is 17.1. The van der Waals surface area contributed by atoms with E-state index in [1.807, 2.05) is 0 Å². The quantitative estimate of drug-likeness (QED) is 0.826. The van der Waals surface area contributed by atoms with Gasteiger partial charge in [0, 0.05) is 11.8 Å². The van der Waals surface area contributed by atoms with Gasteiger partial charge in [-0.15, -0.1) is 0 Å². The van der Waals surface area contributed by atoms with Crippen LogP contribution >= 0.6 is 11.6 Å². The van der Waals surface area contributed by atoms with Crippen LogP contribution < -0.4 is 15.4 Å². The molecule has 0 radical (unpaired) electrons. The molecule has 1 amide bonds. The molecule has 0 heterocycles. The van der Waals surface area contributed by atoms with Crippen LogP contribution in [0, 0.1) is 5.82 Å². The van der Waals surface area contributed by atoms with Gasteiger partial charge in [-0.05, 0) is 38.1 Å². The summed E-state index contributed by atoms with van der Waals surface area (Å²) >= 11 is 6.00. The first-order valence-corrected chi connectivity index (χ1v) is 7.63. The van der Waals surface area contributed by atoms with Crippen LogP contribution in [-0.2, 0) is 4.79 Å². The number of ether oxygens (including phenoxy) is 1. The SMILES string of the molecule is CCOc1ccc(NC(C)C(=O)Nc2ccccc2Cl)cc1F. The van der Waals surface area contributed by atoms with E-state index >= 15 is 0 Å². The van der Waals surface area contributed by atoms with Gasteiger partial charge >= 0.3 is 0 Å². The third-order valence-electron chi connectivity index (χ3n) is 3.14. The largest absolute Gasteiger partial charge is 0.491 e. The molecule has 0 spiro atoms. The van der Waals surface area contributed by atoms with Gasteiger partial charge in [0.05, 0.1) is 17.3 Å². The minimum absolute atomic E-state index is 0.186. The third kappa shape index (κ3) is 4.60. The van der Waals surface area contributed by atoms with Crippen molar-refractivity contribution in [2.75, 3.05) is 17.2 Å². The fourth-order valence-corrected chi connectivity index (χ4v) is 2.17. The van der Waals surface area contributed by atoms with Crippen molar-refractivity contribution in [2.24, 2.45) is 0 Å². The molecule has 0 saturated heterocycles. The molecular formula is C17H18ClFN2O2. The number of carbonyl (C=O) groups excluding carboxylic acids is 1. The maximum absolute atomic E-state index is 13.8. The second-order valence-electron chi connectivity index (χ2n) is 4.91. The van der Waals surface area contributed by atoms with E-state index in [0.717, 1.165) is 0 Å². The van der Waals surface area contributed by atoms with E-state index in [2.05, 4.69) is 10.6 Å². The van der Waals surface area contributed by atoms with Crippen molar-refractivity contribution in [2.45, 2.75) is 19.9 Å². The Balaban J connectivity index is 2.01. The Morgan fingerprint density at radius 3 is 2.70 bits per heavy atom. The molecular weight excluding hydrogens is 319 g/mol. The van der Waals surface area contributed by atoms with Crippen LogP contribution in [0.5, 0.6) is 5.75 Å². The molecule has 2 N–H and O–H groups in total. The van der Waals surface area contributed by atoms with Crippen LogP contribution in [0.15, 0.2) is 42.5 Å². The number of carbonyl (C=O) groups is 1. The van der Waals surface area contributed by atoms with Gasteiger partial charge in [-0.25, -0.2) is 4.39 Å². The molecule has 2 aromatic rings. The zero-order valence-corrected chi connectivity index (χ0v) is 13.7. The average Bonchev–Trinajstić information content (AvgIpc) is 2.52. The smallest absolute Gasteiger partial charge is 0.246 e. The van der Waals surface area contributed by atoms with Crippen molar-refractivity contribution in [1.82, 2.24) is 0 Å². The van der Waals surface area contributed by atoms with Gasteiger partial charge < -0.3 is 15.4 Å². The van der Waals surface area contributed by atoms with Crippen LogP contribution in [0.1, 0.15) is 13.8 Å². The predicted molar refractivity (Wildman–Crippen MR) is 90.7 cm³/mol. The molecule has 0 aliphatic heterocycles. The number of amides is 1. The first-order chi connectivity index (χ1) is 11.0. The second-order valence-corrected chi connectivity index (χ2v) is 5.32. The van der Waals surface area contributed by atoms with Gasteiger partial charge in [0.2, 0.25) is 5.91 Å². The summed E-state index contributed by atoms with van der Waals surface area (Å²) in [6.07, 6.45) is 0. The van der Waals surface area contributed by atoms with Gasteiger partial charge in [-0.3, -0.25) is 4.79 Å². The fraction of sp³-hybridized carbons (Fsp3) is 0.235. The second kappa shape index (κ2) is 7.83. The number of nitrogens with one attached hydrogen (secondary N) is 2. The highest BCUT2D eigenvalue weighted by atomic mass is 35.5. The predicted octanol–water partition coefficient (Wildman–Crippen LogP) is 4.32. The zero-order valence-electron chi connectivity index (χ0n) is 12.9. The molecule has 0 aliphatic carbocycles.